The summed E-state index contributed by atoms with van der Waals surface area (Å²) in [4.78, 5) is 17.1. The average Bonchev–Trinajstić information content (AvgIpc) is 3.19. The number of nitrogens with one attached hydrogen (secondary N) is 3. The third-order valence-electron chi connectivity index (χ3n) is 5.06. The molecule has 6 atom stereocenters. The van der Waals surface area contributed by atoms with E-state index in [0.717, 1.165) is 25.7 Å². The van der Waals surface area contributed by atoms with Crippen molar-refractivity contribution in [3.8, 4) is 0 Å². The van der Waals surface area contributed by atoms with Gasteiger partial charge in [-0.3, -0.25) is 10.2 Å². The van der Waals surface area contributed by atoms with Gasteiger partial charge in [0.05, 0.1) is 31.5 Å². The predicted octanol–water partition coefficient (Wildman–Crippen LogP) is 0.0752. The van der Waals surface area contributed by atoms with Crippen LogP contribution in [0.25, 0.3) is 0 Å². The second kappa shape index (κ2) is 7.76. The monoisotopic (exact) mass is 329 g/mol. The van der Waals surface area contributed by atoms with Gasteiger partial charge in [0.25, 0.3) is 0 Å². The molecule has 0 spiro atoms. The van der Waals surface area contributed by atoms with Gasteiger partial charge in [0.1, 0.15) is 12.8 Å². The number of hydroxylamine groups is 1. The van der Waals surface area contributed by atoms with Crippen molar-refractivity contribution in [2.45, 2.75) is 57.1 Å². The Morgan fingerprint density at radius 1 is 1.43 bits per heavy atom. The molecule has 2 saturated heterocycles. The largest absolute Gasteiger partial charge is 0.447 e. The summed E-state index contributed by atoms with van der Waals surface area (Å²) in [7, 11) is 0. The molecule has 3 fully saturated rings. The van der Waals surface area contributed by atoms with Crippen LogP contribution >= 0.6 is 0 Å². The van der Waals surface area contributed by atoms with Crippen molar-refractivity contribution in [2.24, 2.45) is 11.8 Å². The average molecular weight is 329 g/mol. The summed E-state index contributed by atoms with van der Waals surface area (Å²) >= 11 is 0. The molecule has 0 aromatic heterocycles. The number of rotatable bonds is 5. The molecule has 1 saturated carbocycles. The minimum absolute atomic E-state index is 0.00344. The molecule has 1 amide bonds. The van der Waals surface area contributed by atoms with Crippen molar-refractivity contribution >= 4 is 6.09 Å². The summed E-state index contributed by atoms with van der Waals surface area (Å²) < 4.78 is 10.8. The summed E-state index contributed by atoms with van der Waals surface area (Å²) in [5, 5.41) is 15.0. The van der Waals surface area contributed by atoms with Crippen LogP contribution < -0.4 is 16.1 Å². The zero-order valence-electron chi connectivity index (χ0n) is 13.5. The number of ether oxygens (including phenoxy) is 2. The first-order valence-corrected chi connectivity index (χ1v) is 8.54. The number of aliphatic hydroxyl groups excluding tert-OH is 1. The molecule has 3 rings (SSSR count). The molecule has 2 heterocycles. The number of aliphatic hydroxyl groups is 1. The fourth-order valence-electron chi connectivity index (χ4n) is 3.83. The summed E-state index contributed by atoms with van der Waals surface area (Å²) in [6, 6.07) is -0.00344. The molecule has 1 aliphatic carbocycles. The van der Waals surface area contributed by atoms with Gasteiger partial charge in [0.2, 0.25) is 0 Å². The van der Waals surface area contributed by atoms with E-state index in [0.29, 0.717) is 18.4 Å². The Labute approximate surface area is 136 Å². The van der Waals surface area contributed by atoms with E-state index in [2.05, 4.69) is 23.0 Å². The van der Waals surface area contributed by atoms with E-state index in [1.54, 1.807) is 0 Å². The molecule has 0 bridgehead atoms. The number of carbonyl (C=O) groups excluding carboxylic acids is 1. The van der Waals surface area contributed by atoms with Crippen LogP contribution in [0.15, 0.2) is 0 Å². The van der Waals surface area contributed by atoms with Gasteiger partial charge in [-0.2, -0.15) is 5.48 Å². The Kier molecular flexibility index (Phi) is 5.71. The lowest BCUT2D eigenvalue weighted by molar-refractivity contribution is 0.00264. The van der Waals surface area contributed by atoms with Crippen molar-refractivity contribution in [3.05, 3.63) is 0 Å². The van der Waals surface area contributed by atoms with E-state index >= 15 is 0 Å². The number of amides is 1. The van der Waals surface area contributed by atoms with Crippen LogP contribution in [0, 0.1) is 11.8 Å². The summed E-state index contributed by atoms with van der Waals surface area (Å²) in [6.07, 6.45) is 3.91. The quantitative estimate of drug-likeness (QED) is 0.566. The van der Waals surface area contributed by atoms with Gasteiger partial charge in [-0.25, -0.2) is 4.79 Å². The minimum Gasteiger partial charge on any atom is -0.447 e. The number of hydrogen-bond donors (Lipinski definition) is 4. The zero-order chi connectivity index (χ0) is 16.2. The molecule has 0 aromatic rings. The van der Waals surface area contributed by atoms with Crippen molar-refractivity contribution in [3.63, 3.8) is 0 Å². The lowest BCUT2D eigenvalue weighted by Gasteiger charge is -2.35. The van der Waals surface area contributed by atoms with Gasteiger partial charge < -0.3 is 19.9 Å². The highest BCUT2D eigenvalue weighted by atomic mass is 16.7. The standard InChI is InChI=1S/C15H27N3O5/c1-2-13-17-14(18-23-13)9-3-4-10-11(8-22-12(10)7-9)16-15(20)21-6-5-19/h9-14,17-19H,2-8H2,1H3,(H,16,20)/t9?,10?,11-,12?,13?,14?/m1/s1. The van der Waals surface area contributed by atoms with Gasteiger partial charge in [-0.15, -0.1) is 0 Å². The molecule has 4 N–H and O–H groups in total. The molecular formula is C15H27N3O5. The van der Waals surface area contributed by atoms with Gasteiger partial charge in [-0.1, -0.05) is 6.92 Å². The Bertz CT molecular complexity index is 411. The highest BCUT2D eigenvalue weighted by Gasteiger charge is 2.44. The van der Waals surface area contributed by atoms with E-state index in [1.165, 1.54) is 0 Å². The van der Waals surface area contributed by atoms with Crippen LogP contribution in [0.1, 0.15) is 32.6 Å². The third-order valence-corrected chi connectivity index (χ3v) is 5.06. The van der Waals surface area contributed by atoms with Crippen LogP contribution in [0.3, 0.4) is 0 Å². The van der Waals surface area contributed by atoms with Gasteiger partial charge in [0.15, 0.2) is 0 Å². The fourth-order valence-corrected chi connectivity index (χ4v) is 3.83. The highest BCUT2D eigenvalue weighted by molar-refractivity contribution is 5.67. The van der Waals surface area contributed by atoms with Crippen molar-refractivity contribution < 1.29 is 24.2 Å². The molecule has 23 heavy (non-hydrogen) atoms. The van der Waals surface area contributed by atoms with Crippen molar-refractivity contribution in [2.75, 3.05) is 19.8 Å². The predicted molar refractivity (Wildman–Crippen MR) is 81.2 cm³/mol. The van der Waals surface area contributed by atoms with Gasteiger partial charge >= 0.3 is 6.09 Å². The maximum Gasteiger partial charge on any atom is 0.407 e. The van der Waals surface area contributed by atoms with Crippen LogP contribution in [0.2, 0.25) is 0 Å². The van der Waals surface area contributed by atoms with E-state index in [1.807, 2.05) is 0 Å². The Morgan fingerprint density at radius 2 is 2.30 bits per heavy atom. The van der Waals surface area contributed by atoms with Crippen molar-refractivity contribution in [1.29, 1.82) is 0 Å². The molecule has 0 aromatic carbocycles. The van der Waals surface area contributed by atoms with Crippen molar-refractivity contribution in [1.82, 2.24) is 16.1 Å². The smallest absolute Gasteiger partial charge is 0.407 e. The van der Waals surface area contributed by atoms with Gasteiger partial charge in [-0.05, 0) is 31.6 Å². The third kappa shape index (κ3) is 3.95. The van der Waals surface area contributed by atoms with E-state index in [-0.39, 0.29) is 37.8 Å². The molecule has 8 heteroatoms. The molecule has 2 aliphatic heterocycles. The first kappa shape index (κ1) is 16.9. The van der Waals surface area contributed by atoms with E-state index in [9.17, 15) is 4.79 Å². The first-order chi connectivity index (χ1) is 11.2. The van der Waals surface area contributed by atoms with Crippen LogP contribution in [0.4, 0.5) is 4.79 Å². The maximum atomic E-state index is 11.6. The fraction of sp³-hybridized carbons (Fsp3) is 0.933. The SMILES string of the molecule is CCC1NC(C2CCC3C(C2)OC[C@H]3NC(=O)OCCO)NO1. The maximum absolute atomic E-state index is 11.6. The lowest BCUT2D eigenvalue weighted by atomic mass is 9.77. The van der Waals surface area contributed by atoms with Crippen LogP contribution in [0.5, 0.6) is 0 Å². The number of hydrogen-bond acceptors (Lipinski definition) is 7. The second-order valence-corrected chi connectivity index (χ2v) is 6.50. The minimum atomic E-state index is -0.478. The Balaban J connectivity index is 1.47. The zero-order valence-corrected chi connectivity index (χ0v) is 13.5. The van der Waals surface area contributed by atoms with Crippen LogP contribution in [-0.2, 0) is 14.3 Å². The topological polar surface area (TPSA) is 101 Å². The summed E-state index contributed by atoms with van der Waals surface area (Å²) in [6.45, 7) is 2.47. The lowest BCUT2D eigenvalue weighted by Crippen LogP contribution is -2.47. The van der Waals surface area contributed by atoms with E-state index in [4.69, 9.17) is 19.4 Å². The van der Waals surface area contributed by atoms with Crippen LogP contribution in [-0.4, -0.2) is 55.6 Å². The Morgan fingerprint density at radius 3 is 3.04 bits per heavy atom. The Hall–Kier alpha value is -0.930. The molecule has 0 radical (unpaired) electrons. The number of alkyl carbamates (subject to hydrolysis) is 1. The molecule has 5 unspecified atom stereocenters. The van der Waals surface area contributed by atoms with Gasteiger partial charge in [0, 0.05) is 5.92 Å². The highest BCUT2D eigenvalue weighted by Crippen LogP contribution is 2.38. The molecule has 132 valence electrons. The first-order valence-electron chi connectivity index (χ1n) is 8.54. The number of carbonyl (C=O) groups is 1. The second-order valence-electron chi connectivity index (χ2n) is 6.50. The normalized spacial score (nSPS) is 39.9. The number of fused-ring (bicyclic) bond motifs is 1. The molecule has 3 aliphatic rings. The van der Waals surface area contributed by atoms with E-state index < -0.39 is 6.09 Å². The summed E-state index contributed by atoms with van der Waals surface area (Å²) in [5.74, 6) is 0.796. The summed E-state index contributed by atoms with van der Waals surface area (Å²) in [5.41, 5.74) is 3.09. The molecule has 8 nitrogen and oxygen atoms in total. The molecular weight excluding hydrogens is 302 g/mol.